The molecule has 1 aliphatic carbocycles. The summed E-state index contributed by atoms with van der Waals surface area (Å²) in [5.74, 6) is -0.114. The molecule has 1 saturated carbocycles. The smallest absolute Gasteiger partial charge is 0.347 e. The second kappa shape index (κ2) is 7.01. The third-order valence-electron chi connectivity index (χ3n) is 4.99. The lowest BCUT2D eigenvalue weighted by molar-refractivity contribution is 0.00446. The van der Waals surface area contributed by atoms with Crippen molar-refractivity contribution in [3.05, 3.63) is 40.4 Å². The molecule has 0 radical (unpaired) electrons. The summed E-state index contributed by atoms with van der Waals surface area (Å²) in [5.41, 5.74) is 1.62. The van der Waals surface area contributed by atoms with Crippen LogP contribution in [0.5, 0.6) is 0 Å². The molecule has 2 aromatic heterocycles. The van der Waals surface area contributed by atoms with E-state index in [0.717, 1.165) is 10.2 Å². The summed E-state index contributed by atoms with van der Waals surface area (Å²) in [4.78, 5) is 23.3. The monoisotopic (exact) mass is 388 g/mol. The standard InChI is InChI=1S/C18H20N4O4S/c1-8-13(17-21-10-4-2-3-5-12(10)27-17)16(22-18(26)19-8)20-11-6-9(7-23)14(24)15(11)25/h2-5,9,11,14-15,23-25H,6-7H2,1H3,(H2,19,20,22,26). The minimum absolute atomic E-state index is 0.219. The van der Waals surface area contributed by atoms with Crippen LogP contribution in [0, 0.1) is 12.8 Å². The first-order valence-corrected chi connectivity index (χ1v) is 9.50. The molecule has 0 bridgehead atoms. The van der Waals surface area contributed by atoms with Crippen molar-refractivity contribution in [3.8, 4) is 10.6 Å². The Hall–Kier alpha value is -2.33. The van der Waals surface area contributed by atoms with Crippen LogP contribution >= 0.6 is 11.3 Å². The molecular formula is C18H20N4O4S. The Kier molecular flexibility index (Phi) is 4.68. The van der Waals surface area contributed by atoms with E-state index in [0.29, 0.717) is 28.5 Å². The van der Waals surface area contributed by atoms with E-state index in [4.69, 9.17) is 0 Å². The van der Waals surface area contributed by atoms with Crippen LogP contribution in [-0.2, 0) is 0 Å². The van der Waals surface area contributed by atoms with Gasteiger partial charge in [-0.15, -0.1) is 11.3 Å². The largest absolute Gasteiger partial charge is 0.396 e. The zero-order chi connectivity index (χ0) is 19.1. The van der Waals surface area contributed by atoms with Crippen molar-refractivity contribution < 1.29 is 15.3 Å². The summed E-state index contributed by atoms with van der Waals surface area (Å²) < 4.78 is 1.01. The van der Waals surface area contributed by atoms with Gasteiger partial charge in [-0.2, -0.15) is 4.98 Å². The fourth-order valence-corrected chi connectivity index (χ4v) is 4.62. The molecule has 27 heavy (non-hydrogen) atoms. The molecule has 9 heteroatoms. The first kappa shape index (κ1) is 18.1. The highest BCUT2D eigenvalue weighted by atomic mass is 32.1. The van der Waals surface area contributed by atoms with Crippen LogP contribution in [0.15, 0.2) is 29.1 Å². The van der Waals surface area contributed by atoms with Crippen molar-refractivity contribution in [2.24, 2.45) is 5.92 Å². The van der Waals surface area contributed by atoms with Crippen molar-refractivity contribution in [1.82, 2.24) is 15.0 Å². The summed E-state index contributed by atoms with van der Waals surface area (Å²) in [6, 6.07) is 7.21. The van der Waals surface area contributed by atoms with Gasteiger partial charge in [-0.3, -0.25) is 0 Å². The molecule has 0 spiro atoms. The Morgan fingerprint density at radius 2 is 2.04 bits per heavy atom. The number of H-pyrrole nitrogens is 1. The zero-order valence-corrected chi connectivity index (χ0v) is 15.4. The quantitative estimate of drug-likeness (QED) is 0.448. The number of aromatic nitrogens is 3. The van der Waals surface area contributed by atoms with Crippen LogP contribution in [0.2, 0.25) is 0 Å². The fraction of sp³-hybridized carbons (Fsp3) is 0.389. The molecule has 1 aromatic carbocycles. The van der Waals surface area contributed by atoms with E-state index in [1.165, 1.54) is 11.3 Å². The molecule has 0 saturated heterocycles. The third kappa shape index (κ3) is 3.23. The van der Waals surface area contributed by atoms with E-state index in [2.05, 4.69) is 20.3 Å². The first-order chi connectivity index (χ1) is 13.0. The van der Waals surface area contributed by atoms with Crippen LogP contribution in [0.3, 0.4) is 0 Å². The third-order valence-corrected chi connectivity index (χ3v) is 6.04. The van der Waals surface area contributed by atoms with Gasteiger partial charge >= 0.3 is 5.69 Å². The van der Waals surface area contributed by atoms with E-state index in [1.807, 2.05) is 24.3 Å². The number of fused-ring (bicyclic) bond motifs is 1. The van der Waals surface area contributed by atoms with Gasteiger partial charge in [0.15, 0.2) is 0 Å². The van der Waals surface area contributed by atoms with Crippen LogP contribution in [0.1, 0.15) is 12.1 Å². The van der Waals surface area contributed by atoms with Gasteiger partial charge in [0, 0.05) is 18.2 Å². The predicted molar refractivity (Wildman–Crippen MR) is 103 cm³/mol. The highest BCUT2D eigenvalue weighted by molar-refractivity contribution is 7.21. The van der Waals surface area contributed by atoms with Crippen molar-refractivity contribution in [1.29, 1.82) is 0 Å². The SMILES string of the molecule is Cc1[nH]c(=O)nc(NC2CC(CO)C(O)C2O)c1-c1nc2ccccc2s1. The average molecular weight is 388 g/mol. The average Bonchev–Trinajstić information content (AvgIpc) is 3.17. The number of aliphatic hydroxyl groups is 3. The molecule has 4 atom stereocenters. The van der Waals surface area contributed by atoms with Crippen molar-refractivity contribution >= 4 is 27.4 Å². The summed E-state index contributed by atoms with van der Waals surface area (Å²) in [7, 11) is 0. The fourth-order valence-electron chi connectivity index (χ4n) is 3.56. The van der Waals surface area contributed by atoms with E-state index in [1.54, 1.807) is 6.92 Å². The molecular weight excluding hydrogens is 368 g/mol. The van der Waals surface area contributed by atoms with Gasteiger partial charge < -0.3 is 25.6 Å². The Morgan fingerprint density at radius 3 is 2.74 bits per heavy atom. The van der Waals surface area contributed by atoms with Gasteiger partial charge in [0.25, 0.3) is 0 Å². The number of thiazole rings is 1. The molecule has 8 nitrogen and oxygen atoms in total. The van der Waals surface area contributed by atoms with Crippen molar-refractivity contribution in [3.63, 3.8) is 0 Å². The number of aliphatic hydroxyl groups excluding tert-OH is 3. The predicted octanol–water partition coefficient (Wildman–Crippen LogP) is 0.870. The molecule has 1 fully saturated rings. The number of hydrogen-bond donors (Lipinski definition) is 5. The van der Waals surface area contributed by atoms with Crippen LogP contribution in [-0.4, -0.2) is 55.1 Å². The molecule has 2 heterocycles. The highest BCUT2D eigenvalue weighted by Crippen LogP contribution is 2.36. The normalized spacial score (nSPS) is 25.2. The maximum Gasteiger partial charge on any atom is 0.347 e. The molecule has 3 aromatic rings. The van der Waals surface area contributed by atoms with Gasteiger partial charge in [0.05, 0.1) is 27.9 Å². The Bertz CT molecular complexity index is 1000. The molecule has 1 aliphatic rings. The lowest BCUT2D eigenvalue weighted by atomic mass is 10.1. The van der Waals surface area contributed by atoms with Crippen LogP contribution < -0.4 is 11.0 Å². The van der Waals surface area contributed by atoms with E-state index in [-0.39, 0.29) is 6.61 Å². The molecule has 142 valence electrons. The number of para-hydroxylation sites is 1. The number of aryl methyl sites for hydroxylation is 1. The van der Waals surface area contributed by atoms with Crippen molar-refractivity contribution in [2.45, 2.75) is 31.6 Å². The van der Waals surface area contributed by atoms with Crippen LogP contribution in [0.4, 0.5) is 5.82 Å². The zero-order valence-electron chi connectivity index (χ0n) is 14.6. The number of rotatable bonds is 4. The number of anilines is 1. The van der Waals surface area contributed by atoms with Gasteiger partial charge in [-0.1, -0.05) is 12.1 Å². The maximum absolute atomic E-state index is 11.9. The Balaban J connectivity index is 1.76. The minimum Gasteiger partial charge on any atom is -0.396 e. The molecule has 4 unspecified atom stereocenters. The van der Waals surface area contributed by atoms with Crippen molar-refractivity contribution in [2.75, 3.05) is 11.9 Å². The van der Waals surface area contributed by atoms with Gasteiger partial charge in [0.2, 0.25) is 0 Å². The number of benzene rings is 1. The number of nitrogens with one attached hydrogen (secondary N) is 2. The number of nitrogens with zero attached hydrogens (tertiary/aromatic N) is 2. The Morgan fingerprint density at radius 1 is 1.26 bits per heavy atom. The topological polar surface area (TPSA) is 131 Å². The maximum atomic E-state index is 11.9. The summed E-state index contributed by atoms with van der Waals surface area (Å²) in [5, 5.41) is 33.5. The minimum atomic E-state index is -1.06. The lowest BCUT2D eigenvalue weighted by Gasteiger charge is -2.20. The summed E-state index contributed by atoms with van der Waals surface area (Å²) in [6.07, 6.45) is -1.72. The summed E-state index contributed by atoms with van der Waals surface area (Å²) in [6.45, 7) is 1.55. The lowest BCUT2D eigenvalue weighted by Crippen LogP contribution is -2.36. The Labute approximate surface area is 158 Å². The van der Waals surface area contributed by atoms with E-state index in [9.17, 15) is 20.1 Å². The van der Waals surface area contributed by atoms with Gasteiger partial charge in [-0.05, 0) is 25.5 Å². The van der Waals surface area contributed by atoms with Gasteiger partial charge in [-0.25, -0.2) is 9.78 Å². The summed E-state index contributed by atoms with van der Waals surface area (Å²) >= 11 is 1.48. The van der Waals surface area contributed by atoms with E-state index < -0.39 is 29.9 Å². The highest BCUT2D eigenvalue weighted by Gasteiger charge is 2.41. The first-order valence-electron chi connectivity index (χ1n) is 8.68. The molecule has 0 amide bonds. The molecule has 4 rings (SSSR count). The molecule has 5 N–H and O–H groups in total. The van der Waals surface area contributed by atoms with Gasteiger partial charge in [0.1, 0.15) is 16.9 Å². The van der Waals surface area contributed by atoms with E-state index >= 15 is 0 Å². The number of aromatic amines is 1. The second-order valence-electron chi connectivity index (χ2n) is 6.79. The second-order valence-corrected chi connectivity index (χ2v) is 7.82. The molecule has 0 aliphatic heterocycles. The number of hydrogen-bond acceptors (Lipinski definition) is 8. The van der Waals surface area contributed by atoms with Crippen LogP contribution in [0.25, 0.3) is 20.8 Å².